The van der Waals surface area contributed by atoms with Gasteiger partial charge in [0.2, 0.25) is 0 Å². The molecule has 0 fully saturated rings. The van der Waals surface area contributed by atoms with Crippen LogP contribution in [0.25, 0.3) is 0 Å². The Morgan fingerprint density at radius 3 is 1.73 bits per heavy atom. The van der Waals surface area contributed by atoms with E-state index in [0.717, 1.165) is 6.26 Å². The zero-order chi connectivity index (χ0) is 17.1. The Balaban J connectivity index is 3.13. The van der Waals surface area contributed by atoms with Gasteiger partial charge in [0.05, 0.1) is 17.1 Å². The van der Waals surface area contributed by atoms with Crippen molar-refractivity contribution in [3.8, 4) is 0 Å². The van der Waals surface area contributed by atoms with Crippen molar-refractivity contribution in [3.05, 3.63) is 29.8 Å². The molecule has 22 heavy (non-hydrogen) atoms. The third-order valence-electron chi connectivity index (χ3n) is 2.62. The molecule has 0 spiro atoms. The van der Waals surface area contributed by atoms with Gasteiger partial charge in [0.1, 0.15) is 0 Å². The lowest BCUT2D eigenvalue weighted by Gasteiger charge is -2.27. The predicted molar refractivity (Wildman–Crippen MR) is 84.6 cm³/mol. The Morgan fingerprint density at radius 2 is 1.41 bits per heavy atom. The second-order valence-corrected chi connectivity index (χ2v) is 9.57. The molecule has 0 saturated heterocycles. The fourth-order valence-electron chi connectivity index (χ4n) is 1.80. The Kier molecular flexibility index (Phi) is 6.36. The lowest BCUT2D eigenvalue weighted by atomic mass is 10.2. The van der Waals surface area contributed by atoms with Crippen molar-refractivity contribution in [2.45, 2.75) is 50.6 Å². The highest BCUT2D eigenvalue weighted by molar-refractivity contribution is 7.90. The van der Waals surface area contributed by atoms with Gasteiger partial charge < -0.3 is 14.2 Å². The van der Waals surface area contributed by atoms with E-state index < -0.39 is 35.5 Å². The van der Waals surface area contributed by atoms with E-state index in [1.54, 1.807) is 27.7 Å². The summed E-state index contributed by atoms with van der Waals surface area (Å²) in [7, 11) is -7.13. The molecule has 0 aromatic heterocycles. The third-order valence-corrected chi connectivity index (χ3v) is 6.08. The van der Waals surface area contributed by atoms with Crippen LogP contribution in [0.5, 0.6) is 0 Å². The monoisotopic (exact) mass is 350 g/mol. The van der Waals surface area contributed by atoms with Crippen LogP contribution in [-0.2, 0) is 23.4 Å². The van der Waals surface area contributed by atoms with E-state index in [0.29, 0.717) is 0 Å². The van der Waals surface area contributed by atoms with Gasteiger partial charge in [-0.1, -0.05) is 12.1 Å². The van der Waals surface area contributed by atoms with E-state index in [1.165, 1.54) is 24.3 Å². The van der Waals surface area contributed by atoms with Gasteiger partial charge in [-0.2, -0.15) is 0 Å². The number of hydrogen-bond acceptors (Lipinski definition) is 6. The van der Waals surface area contributed by atoms with Gasteiger partial charge in [-0.05, 0) is 45.4 Å². The van der Waals surface area contributed by atoms with Crippen molar-refractivity contribution in [3.63, 3.8) is 0 Å². The molecule has 0 aliphatic heterocycles. The molecule has 1 atom stereocenters. The van der Waals surface area contributed by atoms with Crippen LogP contribution in [0, 0.1) is 0 Å². The molecule has 8 heteroatoms. The molecule has 0 unspecified atom stereocenters. The normalized spacial score (nSPS) is 14.5. The number of aliphatic hydroxyl groups excluding tert-OH is 1. The van der Waals surface area contributed by atoms with Gasteiger partial charge in [0.25, 0.3) is 0 Å². The summed E-state index contributed by atoms with van der Waals surface area (Å²) in [6.45, 7) is 6.76. The molecule has 1 aromatic rings. The fourth-order valence-corrected chi connectivity index (χ4v) is 4.42. The Labute approximate surface area is 131 Å². The molecule has 0 aliphatic rings. The van der Waals surface area contributed by atoms with Crippen LogP contribution in [-0.4, -0.2) is 32.0 Å². The van der Waals surface area contributed by atoms with Crippen molar-refractivity contribution in [1.29, 1.82) is 0 Å². The van der Waals surface area contributed by atoms with E-state index in [9.17, 15) is 18.1 Å². The third kappa shape index (κ3) is 5.18. The molecule has 6 nitrogen and oxygen atoms in total. The lowest BCUT2D eigenvalue weighted by Crippen LogP contribution is -2.13. The van der Waals surface area contributed by atoms with E-state index in [1.807, 2.05) is 0 Å². The topological polar surface area (TPSA) is 89.9 Å². The summed E-state index contributed by atoms with van der Waals surface area (Å²) in [5.74, 6) is -1.48. The van der Waals surface area contributed by atoms with Gasteiger partial charge >= 0.3 is 7.60 Å². The van der Waals surface area contributed by atoms with E-state index in [-0.39, 0.29) is 10.5 Å². The van der Waals surface area contributed by atoms with E-state index in [4.69, 9.17) is 9.05 Å². The first-order valence-electron chi connectivity index (χ1n) is 6.90. The summed E-state index contributed by atoms with van der Waals surface area (Å²) in [4.78, 5) is 0.118. The number of rotatable bonds is 7. The predicted octanol–water partition coefficient (Wildman–Crippen LogP) is 3.12. The van der Waals surface area contributed by atoms with Crippen LogP contribution < -0.4 is 0 Å². The van der Waals surface area contributed by atoms with Crippen molar-refractivity contribution >= 4 is 17.4 Å². The van der Waals surface area contributed by atoms with E-state index in [2.05, 4.69) is 0 Å². The Hall–Kier alpha value is -0.720. The number of hydrogen-bond donors (Lipinski definition) is 1. The molecule has 1 N–H and O–H groups in total. The van der Waals surface area contributed by atoms with Crippen LogP contribution >= 0.6 is 7.60 Å². The van der Waals surface area contributed by atoms with Gasteiger partial charge in [-0.3, -0.25) is 4.57 Å². The quantitative estimate of drug-likeness (QED) is 0.760. The molecule has 126 valence electrons. The highest BCUT2D eigenvalue weighted by Crippen LogP contribution is 2.61. The first-order chi connectivity index (χ1) is 9.95. The first-order valence-corrected chi connectivity index (χ1v) is 10.4. The van der Waals surface area contributed by atoms with E-state index >= 15 is 0 Å². The van der Waals surface area contributed by atoms with Crippen molar-refractivity contribution in [2.75, 3.05) is 6.26 Å². The molecular formula is C14H23O6PS. The second kappa shape index (κ2) is 7.23. The van der Waals surface area contributed by atoms with Crippen LogP contribution in [0.15, 0.2) is 29.2 Å². The molecule has 0 amide bonds. The van der Waals surface area contributed by atoms with Crippen molar-refractivity contribution in [2.24, 2.45) is 0 Å². The Bertz CT molecular complexity index is 622. The number of benzene rings is 1. The fraction of sp³-hybridized carbons (Fsp3) is 0.571. The summed E-state index contributed by atoms with van der Waals surface area (Å²) in [6, 6.07) is 5.51. The zero-order valence-electron chi connectivity index (χ0n) is 13.4. The molecule has 1 aromatic carbocycles. The second-order valence-electron chi connectivity index (χ2n) is 5.56. The zero-order valence-corrected chi connectivity index (χ0v) is 15.1. The van der Waals surface area contributed by atoms with Gasteiger partial charge in [-0.25, -0.2) is 8.42 Å². The van der Waals surface area contributed by atoms with Crippen molar-refractivity contribution < 1.29 is 27.1 Å². The molecular weight excluding hydrogens is 327 g/mol. The first kappa shape index (κ1) is 19.3. The van der Waals surface area contributed by atoms with Gasteiger partial charge in [0.15, 0.2) is 15.7 Å². The average Bonchev–Trinajstić information content (AvgIpc) is 2.35. The minimum Gasteiger partial charge on any atom is -0.376 e. The summed E-state index contributed by atoms with van der Waals surface area (Å²) in [6.07, 6.45) is 0.302. The maximum Gasteiger partial charge on any atom is 0.363 e. The number of aliphatic hydroxyl groups is 1. The number of sulfone groups is 1. The molecule has 0 heterocycles. The smallest absolute Gasteiger partial charge is 0.363 e. The highest BCUT2D eigenvalue weighted by atomic mass is 32.2. The van der Waals surface area contributed by atoms with Gasteiger partial charge in [-0.15, -0.1) is 0 Å². The Morgan fingerprint density at radius 1 is 1.00 bits per heavy atom. The van der Waals surface area contributed by atoms with Crippen LogP contribution in [0.2, 0.25) is 0 Å². The van der Waals surface area contributed by atoms with Gasteiger partial charge in [0, 0.05) is 6.26 Å². The minimum absolute atomic E-state index is 0.118. The summed E-state index contributed by atoms with van der Waals surface area (Å²) in [5, 5.41) is 10.4. The molecule has 0 aliphatic carbocycles. The minimum atomic E-state index is -3.79. The average molecular weight is 350 g/mol. The van der Waals surface area contributed by atoms with Crippen molar-refractivity contribution in [1.82, 2.24) is 0 Å². The van der Waals surface area contributed by atoms with Crippen LogP contribution in [0.4, 0.5) is 0 Å². The maximum atomic E-state index is 12.8. The molecule has 0 radical (unpaired) electrons. The largest absolute Gasteiger partial charge is 0.376 e. The standard InChI is InChI=1S/C14H23O6PS/c1-10(2)19-21(16,20-11(3)4)14(15)12-6-8-13(9-7-12)22(5,17)18/h6-11,14-15H,1-5H3/t14-/m0/s1. The molecule has 1 rings (SSSR count). The van der Waals surface area contributed by atoms with Crippen LogP contribution in [0.1, 0.15) is 39.1 Å². The summed E-state index contributed by atoms with van der Waals surface area (Å²) < 4.78 is 46.3. The highest BCUT2D eigenvalue weighted by Gasteiger charge is 2.38. The lowest BCUT2D eigenvalue weighted by molar-refractivity contribution is 0.101. The SMILES string of the molecule is CC(C)OP(=O)(OC(C)C)[C@H](O)c1ccc(S(C)(=O)=O)cc1. The molecule has 0 bridgehead atoms. The summed E-state index contributed by atoms with van der Waals surface area (Å²) >= 11 is 0. The maximum absolute atomic E-state index is 12.8. The van der Waals surface area contributed by atoms with Crippen LogP contribution in [0.3, 0.4) is 0 Å². The summed E-state index contributed by atoms with van der Waals surface area (Å²) in [5.41, 5.74) is 0.275. The molecule has 0 saturated carbocycles.